The van der Waals surface area contributed by atoms with Crippen molar-refractivity contribution in [3.05, 3.63) is 89.5 Å². The molecule has 0 atom stereocenters. The Kier molecular flexibility index (Phi) is 20.1. The fourth-order valence-electron chi connectivity index (χ4n) is 6.46. The molecule has 0 spiro atoms. The predicted molar refractivity (Wildman–Crippen MR) is 229 cm³/mol. The standard InChI is InChI=1S/C30H39S.C16H29ClF2O5S/c1-28(2,3)22-16-10-13-19-25(22)31(26-20-14-11-17-23(26)29(4,5)6)27-21-15-12-18-24(27)30(7,8)9;17-13-11-9-7-5-3-1-2-4-6-8-10-12-14-24-15(20)16(18,19)25(21,22)23/h10-21H,1-9H3;1-14H2,(H,21,22,23)/q+1;/p-1. The lowest BCUT2D eigenvalue weighted by Gasteiger charge is -2.28. The second kappa shape index (κ2) is 22.6. The van der Waals surface area contributed by atoms with E-state index in [1.54, 1.807) is 0 Å². The van der Waals surface area contributed by atoms with E-state index < -0.39 is 21.3 Å². The number of benzene rings is 3. The SMILES string of the molecule is CC(C)(C)c1ccccc1[S+](c1ccccc1C(C)(C)C)c1ccccc1C(C)(C)C.O=C(OCCCCCCCCCCCCCCCl)C(F)(F)S(=O)(=O)[O-]. The summed E-state index contributed by atoms with van der Waals surface area (Å²) in [6.07, 6.45) is 12.4. The summed E-state index contributed by atoms with van der Waals surface area (Å²) in [5, 5.41) is -5.02. The van der Waals surface area contributed by atoms with Crippen molar-refractivity contribution in [3.63, 3.8) is 0 Å². The molecule has 56 heavy (non-hydrogen) atoms. The van der Waals surface area contributed by atoms with Gasteiger partial charge in [-0.3, -0.25) is 0 Å². The van der Waals surface area contributed by atoms with E-state index in [4.69, 9.17) is 11.6 Å². The summed E-state index contributed by atoms with van der Waals surface area (Å²) < 4.78 is 60.5. The predicted octanol–water partition coefficient (Wildman–Crippen LogP) is 13.3. The Morgan fingerprint density at radius 3 is 1.14 bits per heavy atom. The number of esters is 1. The van der Waals surface area contributed by atoms with E-state index in [-0.39, 0.29) is 33.7 Å². The quantitative estimate of drug-likeness (QED) is 0.0395. The van der Waals surface area contributed by atoms with Gasteiger partial charge in [0.05, 0.1) is 6.61 Å². The first-order valence-electron chi connectivity index (χ1n) is 20.1. The number of ether oxygens (including phenoxy) is 1. The zero-order valence-electron chi connectivity index (χ0n) is 35.3. The highest BCUT2D eigenvalue weighted by molar-refractivity contribution is 7.97. The van der Waals surface area contributed by atoms with E-state index in [0.717, 1.165) is 38.0 Å². The zero-order chi connectivity index (χ0) is 42.2. The van der Waals surface area contributed by atoms with Crippen LogP contribution in [0.1, 0.15) is 156 Å². The Balaban J connectivity index is 0.000000398. The lowest BCUT2D eigenvalue weighted by Crippen LogP contribution is -2.39. The molecule has 0 saturated heterocycles. The molecule has 0 unspecified atom stereocenters. The van der Waals surface area contributed by atoms with Crippen molar-refractivity contribution in [3.8, 4) is 0 Å². The third-order valence-electron chi connectivity index (χ3n) is 9.56. The minimum Gasteiger partial charge on any atom is -0.743 e. The Hall–Kier alpha value is -2.46. The molecule has 0 bridgehead atoms. The van der Waals surface area contributed by atoms with Gasteiger partial charge in [-0.15, -0.1) is 11.6 Å². The monoisotopic (exact) mass is 836 g/mol. The Morgan fingerprint density at radius 1 is 0.571 bits per heavy atom. The third-order valence-corrected chi connectivity index (χ3v) is 13.0. The molecule has 0 radical (unpaired) electrons. The zero-order valence-corrected chi connectivity index (χ0v) is 37.7. The molecule has 3 rings (SSSR count). The summed E-state index contributed by atoms with van der Waals surface area (Å²) in [6.45, 7) is 20.7. The number of rotatable bonds is 19. The van der Waals surface area contributed by atoms with Gasteiger partial charge < -0.3 is 9.29 Å². The van der Waals surface area contributed by atoms with Crippen molar-refractivity contribution in [1.82, 2.24) is 0 Å². The van der Waals surface area contributed by atoms with Crippen LogP contribution in [0.2, 0.25) is 0 Å². The van der Waals surface area contributed by atoms with Gasteiger partial charge in [0.1, 0.15) is 10.9 Å². The second-order valence-electron chi connectivity index (χ2n) is 17.6. The molecule has 0 amide bonds. The van der Waals surface area contributed by atoms with Gasteiger partial charge in [0.15, 0.2) is 24.8 Å². The number of hydrogen-bond acceptors (Lipinski definition) is 5. The molecule has 3 aromatic rings. The number of carbonyl (C=O) groups excluding carboxylic acids is 1. The summed E-state index contributed by atoms with van der Waals surface area (Å²) in [5.74, 6) is -1.56. The molecular weight excluding hydrogens is 770 g/mol. The summed E-state index contributed by atoms with van der Waals surface area (Å²) in [5.41, 5.74) is 4.54. The van der Waals surface area contributed by atoms with E-state index in [9.17, 15) is 26.5 Å². The molecule has 3 aromatic carbocycles. The smallest absolute Gasteiger partial charge is 0.428 e. The van der Waals surface area contributed by atoms with Crippen LogP contribution in [-0.4, -0.2) is 36.7 Å². The number of hydrogen-bond donors (Lipinski definition) is 0. The topological polar surface area (TPSA) is 83.5 Å². The van der Waals surface area contributed by atoms with Gasteiger partial charge in [0.2, 0.25) is 0 Å². The molecule has 5 nitrogen and oxygen atoms in total. The van der Waals surface area contributed by atoms with Gasteiger partial charge >= 0.3 is 11.2 Å². The van der Waals surface area contributed by atoms with Crippen molar-refractivity contribution < 1.29 is 31.3 Å². The fraction of sp³-hybridized carbons (Fsp3) is 0.587. The number of unbranched alkanes of at least 4 members (excludes halogenated alkanes) is 11. The van der Waals surface area contributed by atoms with E-state index in [2.05, 4.69) is 140 Å². The van der Waals surface area contributed by atoms with Gasteiger partial charge in [0, 0.05) is 22.6 Å². The van der Waals surface area contributed by atoms with Crippen LogP contribution >= 0.6 is 11.6 Å². The van der Waals surface area contributed by atoms with Crippen LogP contribution in [0.15, 0.2) is 87.5 Å². The molecule has 0 aliphatic carbocycles. The first-order valence-corrected chi connectivity index (χ1v) is 23.3. The van der Waals surface area contributed by atoms with Crippen molar-refractivity contribution in [2.75, 3.05) is 12.5 Å². The second-order valence-corrected chi connectivity index (χ2v) is 21.3. The molecular formula is C46H67ClF2O5S2. The van der Waals surface area contributed by atoms with Gasteiger partial charge in [0.25, 0.3) is 0 Å². The maximum atomic E-state index is 12.8. The highest BCUT2D eigenvalue weighted by Crippen LogP contribution is 2.44. The molecule has 10 heteroatoms. The number of halogens is 3. The van der Waals surface area contributed by atoms with E-state index >= 15 is 0 Å². The van der Waals surface area contributed by atoms with E-state index in [0.29, 0.717) is 12.8 Å². The maximum Gasteiger partial charge on any atom is 0.428 e. The van der Waals surface area contributed by atoms with Crippen LogP contribution in [0.4, 0.5) is 8.78 Å². The fourth-order valence-corrected chi connectivity index (χ4v) is 10.1. The van der Waals surface area contributed by atoms with Crippen LogP contribution in [0.5, 0.6) is 0 Å². The Bertz CT molecular complexity index is 1600. The number of alkyl halides is 3. The van der Waals surface area contributed by atoms with E-state index in [1.807, 2.05) is 0 Å². The van der Waals surface area contributed by atoms with Gasteiger partial charge in [-0.2, -0.15) is 8.78 Å². The molecule has 314 valence electrons. The minimum absolute atomic E-state index is 0.0786. The van der Waals surface area contributed by atoms with Gasteiger partial charge in [-0.25, -0.2) is 13.2 Å². The Labute approximate surface area is 345 Å². The maximum absolute atomic E-state index is 12.8. The van der Waals surface area contributed by atoms with Crippen molar-refractivity contribution in [2.24, 2.45) is 0 Å². The van der Waals surface area contributed by atoms with Gasteiger partial charge in [-0.05, 0) is 47.3 Å². The van der Waals surface area contributed by atoms with Crippen LogP contribution < -0.4 is 0 Å². The van der Waals surface area contributed by atoms with Crippen LogP contribution in [0.3, 0.4) is 0 Å². The van der Waals surface area contributed by atoms with Crippen LogP contribution in [-0.2, 0) is 46.8 Å². The average molecular weight is 838 g/mol. The molecule has 0 saturated carbocycles. The molecule has 0 N–H and O–H groups in total. The molecule has 0 aromatic heterocycles. The lowest BCUT2D eigenvalue weighted by atomic mass is 9.87. The highest BCUT2D eigenvalue weighted by Gasteiger charge is 2.48. The largest absolute Gasteiger partial charge is 0.743 e. The Morgan fingerprint density at radius 2 is 0.857 bits per heavy atom. The molecule has 0 aliphatic heterocycles. The summed E-state index contributed by atoms with van der Waals surface area (Å²) in [4.78, 5) is 15.2. The lowest BCUT2D eigenvalue weighted by molar-refractivity contribution is -0.161. The normalized spacial score (nSPS) is 12.7. The van der Waals surface area contributed by atoms with E-state index in [1.165, 1.54) is 63.5 Å². The average Bonchev–Trinajstić information content (AvgIpc) is 3.11. The number of carbonyl (C=O) groups is 1. The van der Waals surface area contributed by atoms with Crippen molar-refractivity contribution in [2.45, 2.75) is 176 Å². The van der Waals surface area contributed by atoms with Crippen molar-refractivity contribution in [1.29, 1.82) is 0 Å². The van der Waals surface area contributed by atoms with Crippen LogP contribution in [0.25, 0.3) is 0 Å². The highest BCUT2D eigenvalue weighted by atomic mass is 35.5. The van der Waals surface area contributed by atoms with Crippen molar-refractivity contribution >= 4 is 38.6 Å². The summed E-state index contributed by atoms with van der Waals surface area (Å²) in [6, 6.07) is 27.3. The van der Waals surface area contributed by atoms with Crippen LogP contribution in [0, 0.1) is 0 Å². The third kappa shape index (κ3) is 15.7. The molecule has 0 aliphatic rings. The summed E-state index contributed by atoms with van der Waals surface area (Å²) >= 11 is 5.60. The first-order chi connectivity index (χ1) is 26.0. The summed E-state index contributed by atoms with van der Waals surface area (Å²) in [7, 11) is -6.22. The minimum atomic E-state index is -6.03. The van der Waals surface area contributed by atoms with Gasteiger partial charge in [-0.1, -0.05) is 181 Å². The molecule has 0 fully saturated rings. The first kappa shape index (κ1) is 49.7. The molecule has 0 heterocycles.